The first-order valence-corrected chi connectivity index (χ1v) is 9.83. The number of piperazine rings is 1. The van der Waals surface area contributed by atoms with Crippen molar-refractivity contribution in [3.8, 4) is 0 Å². The number of hydrogen-bond acceptors (Lipinski definition) is 5. The van der Waals surface area contributed by atoms with Crippen LogP contribution in [0.5, 0.6) is 0 Å². The zero-order chi connectivity index (χ0) is 19.4. The molecule has 1 fully saturated rings. The Bertz CT molecular complexity index is 810. The smallest absolute Gasteiger partial charge is 0.261 e. The van der Waals surface area contributed by atoms with Crippen LogP contribution in [0.4, 0.5) is 5.69 Å². The second-order valence-electron chi connectivity index (χ2n) is 6.59. The SMILES string of the molecule is CC(=O)c1ccc(N2CCN(C(=O)C(C)NC(=O)c3cccs3)CC2)cc1. The molecule has 2 amide bonds. The number of carbonyl (C=O) groups is 3. The summed E-state index contributed by atoms with van der Waals surface area (Å²) in [5, 5.41) is 4.61. The fourth-order valence-electron chi connectivity index (χ4n) is 3.10. The first kappa shape index (κ1) is 19.1. The fourth-order valence-corrected chi connectivity index (χ4v) is 3.73. The Balaban J connectivity index is 1.52. The van der Waals surface area contributed by atoms with E-state index in [2.05, 4.69) is 10.2 Å². The van der Waals surface area contributed by atoms with E-state index in [4.69, 9.17) is 0 Å². The highest BCUT2D eigenvalue weighted by Crippen LogP contribution is 2.18. The van der Waals surface area contributed by atoms with Crippen LogP contribution in [0.3, 0.4) is 0 Å². The zero-order valence-electron chi connectivity index (χ0n) is 15.5. The molecule has 0 aliphatic carbocycles. The largest absolute Gasteiger partial charge is 0.368 e. The predicted octanol–water partition coefficient (Wildman–Crippen LogP) is 2.42. The van der Waals surface area contributed by atoms with Crippen LogP contribution < -0.4 is 10.2 Å². The van der Waals surface area contributed by atoms with Crippen molar-refractivity contribution in [2.45, 2.75) is 19.9 Å². The van der Waals surface area contributed by atoms with Crippen molar-refractivity contribution in [2.75, 3.05) is 31.1 Å². The van der Waals surface area contributed by atoms with Gasteiger partial charge >= 0.3 is 0 Å². The van der Waals surface area contributed by atoms with Crippen LogP contribution in [0, 0.1) is 0 Å². The third-order valence-electron chi connectivity index (χ3n) is 4.69. The summed E-state index contributed by atoms with van der Waals surface area (Å²) >= 11 is 1.36. The first-order chi connectivity index (χ1) is 13.0. The number of benzene rings is 1. The van der Waals surface area contributed by atoms with Crippen LogP contribution in [0.1, 0.15) is 33.9 Å². The molecule has 2 aromatic rings. The van der Waals surface area contributed by atoms with Crippen LogP contribution >= 0.6 is 11.3 Å². The quantitative estimate of drug-likeness (QED) is 0.803. The summed E-state index contributed by atoms with van der Waals surface area (Å²) < 4.78 is 0. The summed E-state index contributed by atoms with van der Waals surface area (Å²) in [7, 11) is 0. The van der Waals surface area contributed by atoms with E-state index in [0.29, 0.717) is 23.5 Å². The van der Waals surface area contributed by atoms with Gasteiger partial charge in [-0.1, -0.05) is 6.07 Å². The van der Waals surface area contributed by atoms with Gasteiger partial charge in [-0.25, -0.2) is 0 Å². The van der Waals surface area contributed by atoms with E-state index in [1.165, 1.54) is 11.3 Å². The number of Topliss-reactive ketones (excluding diaryl/α,β-unsaturated/α-hetero) is 1. The average Bonchev–Trinajstić information content (AvgIpc) is 3.22. The number of carbonyl (C=O) groups excluding carboxylic acids is 3. The summed E-state index contributed by atoms with van der Waals surface area (Å²) in [4.78, 5) is 40.7. The highest BCUT2D eigenvalue weighted by Gasteiger charge is 2.26. The van der Waals surface area contributed by atoms with Crippen molar-refractivity contribution in [1.82, 2.24) is 10.2 Å². The van der Waals surface area contributed by atoms with Gasteiger partial charge in [0, 0.05) is 37.4 Å². The van der Waals surface area contributed by atoms with E-state index in [1.807, 2.05) is 35.7 Å². The predicted molar refractivity (Wildman–Crippen MR) is 106 cm³/mol. The van der Waals surface area contributed by atoms with Crippen molar-refractivity contribution < 1.29 is 14.4 Å². The fraction of sp³-hybridized carbons (Fsp3) is 0.350. The van der Waals surface area contributed by atoms with Gasteiger partial charge in [0.2, 0.25) is 5.91 Å². The van der Waals surface area contributed by atoms with E-state index < -0.39 is 6.04 Å². The lowest BCUT2D eigenvalue weighted by molar-refractivity contribution is -0.133. The van der Waals surface area contributed by atoms with Crippen LogP contribution in [0.25, 0.3) is 0 Å². The second kappa shape index (κ2) is 8.35. The first-order valence-electron chi connectivity index (χ1n) is 8.95. The Hall–Kier alpha value is -2.67. The van der Waals surface area contributed by atoms with Gasteiger partial charge < -0.3 is 15.1 Å². The van der Waals surface area contributed by atoms with Crippen molar-refractivity contribution in [1.29, 1.82) is 0 Å². The number of thiophene rings is 1. The summed E-state index contributed by atoms with van der Waals surface area (Å²) in [6, 6.07) is 10.5. The van der Waals surface area contributed by atoms with Gasteiger partial charge in [0.15, 0.2) is 5.78 Å². The van der Waals surface area contributed by atoms with E-state index >= 15 is 0 Å². The average molecular weight is 385 g/mol. The molecule has 0 saturated carbocycles. The molecule has 0 bridgehead atoms. The van der Waals surface area contributed by atoms with Gasteiger partial charge in [-0.15, -0.1) is 11.3 Å². The highest BCUT2D eigenvalue weighted by atomic mass is 32.1. The van der Waals surface area contributed by atoms with Gasteiger partial charge in [-0.3, -0.25) is 14.4 Å². The maximum atomic E-state index is 12.6. The number of anilines is 1. The van der Waals surface area contributed by atoms with E-state index in [9.17, 15) is 14.4 Å². The van der Waals surface area contributed by atoms with Crippen LogP contribution in [0.15, 0.2) is 41.8 Å². The molecule has 1 N–H and O–H groups in total. The normalized spacial score (nSPS) is 15.3. The molecule has 1 saturated heterocycles. The Labute approximate surface area is 162 Å². The zero-order valence-corrected chi connectivity index (χ0v) is 16.3. The van der Waals surface area contributed by atoms with Gasteiger partial charge in [0.25, 0.3) is 5.91 Å². The lowest BCUT2D eigenvalue weighted by Crippen LogP contribution is -2.54. The molecule has 1 aliphatic heterocycles. The number of hydrogen-bond donors (Lipinski definition) is 1. The third-order valence-corrected chi connectivity index (χ3v) is 5.56. The number of nitrogens with zero attached hydrogens (tertiary/aromatic N) is 2. The van der Waals surface area contributed by atoms with E-state index in [1.54, 1.807) is 24.8 Å². The molecule has 1 aliphatic rings. The van der Waals surface area contributed by atoms with Gasteiger partial charge in [0.1, 0.15) is 6.04 Å². The molecule has 1 aromatic carbocycles. The number of rotatable bonds is 5. The maximum Gasteiger partial charge on any atom is 0.261 e. The van der Waals surface area contributed by atoms with Gasteiger partial charge in [-0.2, -0.15) is 0 Å². The topological polar surface area (TPSA) is 69.7 Å². The molecule has 1 atom stereocenters. The van der Waals surface area contributed by atoms with Crippen molar-refractivity contribution in [2.24, 2.45) is 0 Å². The molecule has 2 heterocycles. The van der Waals surface area contributed by atoms with Gasteiger partial charge in [0.05, 0.1) is 4.88 Å². The van der Waals surface area contributed by atoms with E-state index in [-0.39, 0.29) is 17.6 Å². The Morgan fingerprint density at radius 1 is 1.04 bits per heavy atom. The maximum absolute atomic E-state index is 12.6. The molecule has 1 unspecified atom stereocenters. The summed E-state index contributed by atoms with van der Waals surface area (Å²) in [5.41, 5.74) is 1.74. The molecule has 3 rings (SSSR count). The summed E-state index contributed by atoms with van der Waals surface area (Å²) in [5.74, 6) is -0.225. The van der Waals surface area contributed by atoms with E-state index in [0.717, 1.165) is 18.8 Å². The minimum atomic E-state index is -0.555. The molecule has 7 heteroatoms. The molecule has 142 valence electrons. The lowest BCUT2D eigenvalue weighted by atomic mass is 10.1. The Morgan fingerprint density at radius 3 is 2.26 bits per heavy atom. The standard InChI is InChI=1S/C20H23N3O3S/c1-14(21-19(25)18-4-3-13-27-18)20(26)23-11-9-22(10-12-23)17-7-5-16(6-8-17)15(2)24/h3-8,13-14H,9-12H2,1-2H3,(H,21,25). The molecule has 6 nitrogen and oxygen atoms in total. The minimum Gasteiger partial charge on any atom is -0.368 e. The van der Waals surface area contributed by atoms with Crippen LogP contribution in [-0.2, 0) is 4.79 Å². The summed E-state index contributed by atoms with van der Waals surface area (Å²) in [6.07, 6.45) is 0. The third kappa shape index (κ3) is 4.54. The lowest BCUT2D eigenvalue weighted by Gasteiger charge is -2.37. The molecular weight excluding hydrogens is 362 g/mol. The van der Waals surface area contributed by atoms with Crippen molar-refractivity contribution in [3.05, 3.63) is 52.2 Å². The van der Waals surface area contributed by atoms with Crippen molar-refractivity contribution >= 4 is 34.6 Å². The number of amides is 2. The number of ketones is 1. The minimum absolute atomic E-state index is 0.0514. The van der Waals surface area contributed by atoms with Crippen LogP contribution in [0.2, 0.25) is 0 Å². The molecule has 0 spiro atoms. The van der Waals surface area contributed by atoms with Crippen LogP contribution in [-0.4, -0.2) is 54.7 Å². The monoisotopic (exact) mass is 385 g/mol. The summed E-state index contributed by atoms with van der Waals surface area (Å²) in [6.45, 7) is 5.92. The molecule has 1 aromatic heterocycles. The highest BCUT2D eigenvalue weighted by molar-refractivity contribution is 7.12. The number of nitrogens with one attached hydrogen (secondary N) is 1. The van der Waals surface area contributed by atoms with Gasteiger partial charge in [-0.05, 0) is 49.6 Å². The molecule has 0 radical (unpaired) electrons. The Kier molecular flexibility index (Phi) is 5.91. The Morgan fingerprint density at radius 2 is 1.70 bits per heavy atom. The second-order valence-corrected chi connectivity index (χ2v) is 7.54. The molecule has 27 heavy (non-hydrogen) atoms. The molecular formula is C20H23N3O3S. The van der Waals surface area contributed by atoms with Crippen molar-refractivity contribution in [3.63, 3.8) is 0 Å².